The molecule has 0 saturated carbocycles. The van der Waals surface area contributed by atoms with Gasteiger partial charge in [0, 0.05) is 24.0 Å². The number of hydrogen-bond donors (Lipinski definition) is 0. The fraction of sp³-hybridized carbons (Fsp3) is 0.375. The Morgan fingerprint density at radius 1 is 1.14 bits per heavy atom. The molecule has 22 heavy (non-hydrogen) atoms. The molecule has 6 heteroatoms. The van der Waals surface area contributed by atoms with Crippen LogP contribution in [0.4, 0.5) is 0 Å². The second-order valence-corrected chi connectivity index (χ2v) is 5.57. The Labute approximate surface area is 129 Å². The Bertz CT molecular complexity index is 728. The predicted octanol–water partition coefficient (Wildman–Crippen LogP) is 3.12. The van der Waals surface area contributed by atoms with Crippen LogP contribution in [0.25, 0.3) is 11.3 Å². The maximum Gasteiger partial charge on any atom is 0.116 e. The van der Waals surface area contributed by atoms with Gasteiger partial charge in [-0.1, -0.05) is 18.2 Å². The summed E-state index contributed by atoms with van der Waals surface area (Å²) in [6, 6.07) is 6.37. The van der Waals surface area contributed by atoms with Gasteiger partial charge >= 0.3 is 0 Å². The van der Waals surface area contributed by atoms with E-state index in [0.29, 0.717) is 6.04 Å². The molecule has 3 aromatic rings. The van der Waals surface area contributed by atoms with Gasteiger partial charge in [0.25, 0.3) is 0 Å². The van der Waals surface area contributed by atoms with E-state index in [9.17, 15) is 0 Å². The molecule has 0 spiro atoms. The molecule has 0 bridgehead atoms. The number of pyridine rings is 1. The summed E-state index contributed by atoms with van der Waals surface area (Å²) in [7, 11) is 0. The monoisotopic (exact) mass is 296 g/mol. The molecular weight excluding hydrogens is 276 g/mol. The van der Waals surface area contributed by atoms with Crippen LogP contribution in [-0.4, -0.2) is 29.8 Å². The van der Waals surface area contributed by atoms with Crippen LogP contribution in [0, 0.1) is 0 Å². The van der Waals surface area contributed by atoms with Gasteiger partial charge in [-0.15, -0.1) is 5.10 Å². The zero-order chi connectivity index (χ0) is 15.5. The number of nitrogens with zero attached hydrogens (tertiary/aromatic N) is 6. The van der Waals surface area contributed by atoms with Crippen LogP contribution in [0.3, 0.4) is 0 Å². The van der Waals surface area contributed by atoms with Gasteiger partial charge in [0.05, 0.1) is 24.1 Å². The van der Waals surface area contributed by atoms with Crippen molar-refractivity contribution in [3.63, 3.8) is 0 Å². The lowest BCUT2D eigenvalue weighted by atomic mass is 10.1. The molecule has 3 heterocycles. The van der Waals surface area contributed by atoms with E-state index in [0.717, 1.165) is 23.4 Å². The molecule has 0 amide bonds. The van der Waals surface area contributed by atoms with E-state index >= 15 is 0 Å². The quantitative estimate of drug-likeness (QED) is 0.725. The molecule has 0 fully saturated rings. The van der Waals surface area contributed by atoms with Crippen LogP contribution in [0.5, 0.6) is 0 Å². The molecule has 6 nitrogen and oxygen atoms in total. The minimum atomic E-state index is 0.0996. The average Bonchev–Trinajstić information content (AvgIpc) is 3.18. The third kappa shape index (κ3) is 2.77. The zero-order valence-electron chi connectivity index (χ0n) is 13.1. The highest BCUT2D eigenvalue weighted by Crippen LogP contribution is 2.22. The fourth-order valence-corrected chi connectivity index (χ4v) is 2.42. The molecule has 0 radical (unpaired) electrons. The van der Waals surface area contributed by atoms with Crippen molar-refractivity contribution in [3.05, 3.63) is 48.7 Å². The van der Waals surface area contributed by atoms with E-state index in [1.165, 1.54) is 0 Å². The number of aromatic nitrogens is 6. The van der Waals surface area contributed by atoms with Crippen molar-refractivity contribution in [3.8, 4) is 11.3 Å². The summed E-state index contributed by atoms with van der Waals surface area (Å²) in [6.07, 6.45) is 8.51. The second kappa shape index (κ2) is 6.09. The van der Waals surface area contributed by atoms with Crippen LogP contribution in [0.1, 0.15) is 45.0 Å². The van der Waals surface area contributed by atoms with Crippen molar-refractivity contribution in [1.82, 2.24) is 29.8 Å². The highest BCUT2D eigenvalue weighted by molar-refractivity contribution is 5.55. The Morgan fingerprint density at radius 2 is 2.00 bits per heavy atom. The Morgan fingerprint density at radius 3 is 2.64 bits per heavy atom. The SMILES string of the molecule is CC[C@@H](c1ccccn1)n1cc(-c2cnn(C(C)C)c2)nn1. The summed E-state index contributed by atoms with van der Waals surface area (Å²) in [5.74, 6) is 0. The molecule has 3 aromatic heterocycles. The smallest absolute Gasteiger partial charge is 0.116 e. The number of rotatable bonds is 5. The normalized spacial score (nSPS) is 12.7. The summed E-state index contributed by atoms with van der Waals surface area (Å²) in [5.41, 5.74) is 2.82. The lowest BCUT2D eigenvalue weighted by molar-refractivity contribution is 0.483. The van der Waals surface area contributed by atoms with Crippen molar-refractivity contribution >= 4 is 0 Å². The average molecular weight is 296 g/mol. The third-order valence-corrected chi connectivity index (χ3v) is 3.67. The summed E-state index contributed by atoms with van der Waals surface area (Å²) >= 11 is 0. The first kappa shape index (κ1) is 14.4. The maximum absolute atomic E-state index is 4.43. The predicted molar refractivity (Wildman–Crippen MR) is 84.3 cm³/mol. The first-order valence-electron chi connectivity index (χ1n) is 7.56. The molecule has 3 rings (SSSR count). The van der Waals surface area contributed by atoms with Crippen molar-refractivity contribution in [2.45, 2.75) is 39.3 Å². The minimum absolute atomic E-state index is 0.0996. The van der Waals surface area contributed by atoms with E-state index in [1.54, 1.807) is 0 Å². The van der Waals surface area contributed by atoms with Crippen LogP contribution in [-0.2, 0) is 0 Å². The largest absolute Gasteiger partial charge is 0.270 e. The van der Waals surface area contributed by atoms with E-state index in [-0.39, 0.29) is 6.04 Å². The standard InChI is InChI=1S/C16H20N6/c1-4-16(14-7-5-6-8-17-14)22-11-15(19-20-22)13-9-18-21(10-13)12(2)3/h5-12,16H,4H2,1-3H3/t16-/m0/s1. The maximum atomic E-state index is 4.43. The van der Waals surface area contributed by atoms with Gasteiger partial charge in [0.15, 0.2) is 0 Å². The highest BCUT2D eigenvalue weighted by Gasteiger charge is 2.16. The van der Waals surface area contributed by atoms with Gasteiger partial charge in [-0.3, -0.25) is 9.67 Å². The topological polar surface area (TPSA) is 61.4 Å². The summed E-state index contributed by atoms with van der Waals surface area (Å²) in [4.78, 5) is 4.43. The fourth-order valence-electron chi connectivity index (χ4n) is 2.42. The molecule has 0 aromatic carbocycles. The minimum Gasteiger partial charge on any atom is -0.270 e. The third-order valence-electron chi connectivity index (χ3n) is 3.67. The highest BCUT2D eigenvalue weighted by atomic mass is 15.4. The second-order valence-electron chi connectivity index (χ2n) is 5.57. The molecule has 0 aliphatic carbocycles. The molecule has 0 saturated heterocycles. The zero-order valence-corrected chi connectivity index (χ0v) is 13.1. The molecule has 0 aliphatic rings. The van der Waals surface area contributed by atoms with Crippen molar-refractivity contribution in [1.29, 1.82) is 0 Å². The van der Waals surface area contributed by atoms with Gasteiger partial charge in [-0.2, -0.15) is 5.10 Å². The van der Waals surface area contributed by atoms with E-state index in [4.69, 9.17) is 0 Å². The van der Waals surface area contributed by atoms with E-state index in [1.807, 2.05) is 52.4 Å². The van der Waals surface area contributed by atoms with Crippen molar-refractivity contribution in [2.24, 2.45) is 0 Å². The Kier molecular flexibility index (Phi) is 4.00. The van der Waals surface area contributed by atoms with Gasteiger partial charge in [-0.05, 0) is 32.4 Å². The van der Waals surface area contributed by atoms with E-state index < -0.39 is 0 Å². The van der Waals surface area contributed by atoms with Gasteiger partial charge in [0.2, 0.25) is 0 Å². The number of hydrogen-bond acceptors (Lipinski definition) is 4. The van der Waals surface area contributed by atoms with Crippen LogP contribution in [0.2, 0.25) is 0 Å². The van der Waals surface area contributed by atoms with E-state index in [2.05, 4.69) is 41.2 Å². The molecule has 0 aliphatic heterocycles. The molecule has 0 unspecified atom stereocenters. The summed E-state index contributed by atoms with van der Waals surface area (Å²) < 4.78 is 3.80. The van der Waals surface area contributed by atoms with Crippen LogP contribution < -0.4 is 0 Å². The molecule has 0 N–H and O–H groups in total. The van der Waals surface area contributed by atoms with Gasteiger partial charge < -0.3 is 0 Å². The first-order valence-corrected chi connectivity index (χ1v) is 7.56. The summed E-state index contributed by atoms with van der Waals surface area (Å²) in [5, 5.41) is 12.9. The van der Waals surface area contributed by atoms with Crippen molar-refractivity contribution in [2.75, 3.05) is 0 Å². The van der Waals surface area contributed by atoms with Crippen LogP contribution in [0.15, 0.2) is 43.0 Å². The molecule has 114 valence electrons. The lowest BCUT2D eigenvalue weighted by Gasteiger charge is -2.13. The Balaban J connectivity index is 1.89. The van der Waals surface area contributed by atoms with Gasteiger partial charge in [0.1, 0.15) is 5.69 Å². The van der Waals surface area contributed by atoms with Crippen molar-refractivity contribution < 1.29 is 0 Å². The lowest BCUT2D eigenvalue weighted by Crippen LogP contribution is -2.11. The first-order chi connectivity index (χ1) is 10.7. The molecule has 1 atom stereocenters. The summed E-state index contributed by atoms with van der Waals surface area (Å²) in [6.45, 7) is 6.32. The van der Waals surface area contributed by atoms with Gasteiger partial charge in [-0.25, -0.2) is 4.68 Å². The van der Waals surface area contributed by atoms with Crippen LogP contribution >= 0.6 is 0 Å². The molecular formula is C16H20N6. The Hall–Kier alpha value is -2.50.